The molecule has 1 heterocycles. The number of methoxy groups -OCH3 is 1. The van der Waals surface area contributed by atoms with Gasteiger partial charge in [-0.15, -0.1) is 0 Å². The van der Waals surface area contributed by atoms with Gasteiger partial charge in [-0.2, -0.15) is 0 Å². The summed E-state index contributed by atoms with van der Waals surface area (Å²) in [6.45, 7) is 1.36. The highest BCUT2D eigenvalue weighted by Crippen LogP contribution is 2.25. The third-order valence-corrected chi connectivity index (χ3v) is 3.16. The highest BCUT2D eigenvalue weighted by atomic mass is 79.9. The summed E-state index contributed by atoms with van der Waals surface area (Å²) in [5, 5.41) is 0. The molecule has 2 rings (SSSR count). The molecule has 17 heavy (non-hydrogen) atoms. The summed E-state index contributed by atoms with van der Waals surface area (Å²) in [7, 11) is 1.65. The minimum Gasteiger partial charge on any atom is -0.385 e. The molecule has 0 bridgehead atoms. The van der Waals surface area contributed by atoms with Gasteiger partial charge in [-0.25, -0.2) is 9.37 Å². The zero-order chi connectivity index (χ0) is 12.4. The molecule has 0 atom stereocenters. The van der Waals surface area contributed by atoms with Gasteiger partial charge in [-0.05, 0) is 28.4 Å². The van der Waals surface area contributed by atoms with Gasteiger partial charge >= 0.3 is 0 Å². The van der Waals surface area contributed by atoms with Gasteiger partial charge < -0.3 is 15.0 Å². The minimum atomic E-state index is -0.334. The number of aromatic nitrogens is 2. The van der Waals surface area contributed by atoms with Crippen LogP contribution in [0.4, 0.5) is 10.3 Å². The first kappa shape index (κ1) is 12.3. The molecule has 0 fully saturated rings. The van der Waals surface area contributed by atoms with Gasteiger partial charge in [0.15, 0.2) is 0 Å². The fourth-order valence-corrected chi connectivity index (χ4v) is 2.07. The lowest BCUT2D eigenvalue weighted by molar-refractivity contribution is 0.191. The molecule has 0 unspecified atom stereocenters. The Kier molecular flexibility index (Phi) is 3.63. The Morgan fingerprint density at radius 2 is 2.29 bits per heavy atom. The summed E-state index contributed by atoms with van der Waals surface area (Å²) >= 11 is 3.16. The molecule has 0 amide bonds. The standard InChI is InChI=1S/C11H13BrFN3O/c1-17-4-2-3-16-10-5-7(12)8(13)6-9(10)15-11(16)14/h5-6H,2-4H2,1H3,(H2,14,15). The van der Waals surface area contributed by atoms with E-state index in [1.54, 1.807) is 13.2 Å². The smallest absolute Gasteiger partial charge is 0.201 e. The number of rotatable bonds is 4. The van der Waals surface area contributed by atoms with Crippen LogP contribution in [0.5, 0.6) is 0 Å². The normalized spacial score (nSPS) is 11.2. The number of aryl methyl sites for hydroxylation is 1. The van der Waals surface area contributed by atoms with Crippen molar-refractivity contribution in [1.82, 2.24) is 9.55 Å². The maximum Gasteiger partial charge on any atom is 0.201 e. The fourth-order valence-electron chi connectivity index (χ4n) is 1.74. The number of ether oxygens (including phenoxy) is 1. The van der Waals surface area contributed by atoms with Crippen LogP contribution in [-0.2, 0) is 11.3 Å². The van der Waals surface area contributed by atoms with Crippen molar-refractivity contribution in [2.45, 2.75) is 13.0 Å². The van der Waals surface area contributed by atoms with Crippen molar-refractivity contribution < 1.29 is 9.13 Å². The molecule has 0 aliphatic carbocycles. The molecule has 0 saturated carbocycles. The number of nitrogens with two attached hydrogens (primary N) is 1. The Morgan fingerprint density at radius 3 is 3.00 bits per heavy atom. The van der Waals surface area contributed by atoms with Crippen molar-refractivity contribution in [2.24, 2.45) is 0 Å². The molecule has 92 valence electrons. The quantitative estimate of drug-likeness (QED) is 0.883. The Morgan fingerprint density at radius 1 is 1.53 bits per heavy atom. The first-order valence-corrected chi connectivity index (χ1v) is 6.02. The topological polar surface area (TPSA) is 53.1 Å². The highest BCUT2D eigenvalue weighted by molar-refractivity contribution is 9.10. The molecule has 2 N–H and O–H groups in total. The average Bonchev–Trinajstić information content (AvgIpc) is 2.57. The second kappa shape index (κ2) is 5.01. The van der Waals surface area contributed by atoms with E-state index in [2.05, 4.69) is 20.9 Å². The largest absolute Gasteiger partial charge is 0.385 e. The van der Waals surface area contributed by atoms with E-state index < -0.39 is 0 Å². The Balaban J connectivity index is 2.40. The molecule has 2 aromatic rings. The number of nitrogen functional groups attached to an aromatic ring is 1. The number of benzene rings is 1. The van der Waals surface area contributed by atoms with Crippen molar-refractivity contribution in [2.75, 3.05) is 19.5 Å². The number of anilines is 1. The molecule has 0 radical (unpaired) electrons. The summed E-state index contributed by atoms with van der Waals surface area (Å²) in [5.41, 5.74) is 7.20. The van der Waals surface area contributed by atoms with Gasteiger partial charge in [0.25, 0.3) is 0 Å². The Bertz CT molecular complexity index is 541. The first-order chi connectivity index (χ1) is 8.13. The fraction of sp³-hybridized carbons (Fsp3) is 0.364. The Labute approximate surface area is 107 Å². The van der Waals surface area contributed by atoms with E-state index in [1.807, 2.05) is 4.57 Å². The van der Waals surface area contributed by atoms with E-state index in [4.69, 9.17) is 10.5 Å². The van der Waals surface area contributed by atoms with E-state index in [0.29, 0.717) is 29.1 Å². The highest BCUT2D eigenvalue weighted by Gasteiger charge is 2.11. The maximum absolute atomic E-state index is 13.3. The van der Waals surface area contributed by atoms with Gasteiger partial charge in [0, 0.05) is 26.3 Å². The number of hydrogen-bond acceptors (Lipinski definition) is 3. The lowest BCUT2D eigenvalue weighted by atomic mass is 10.3. The molecule has 1 aromatic carbocycles. The summed E-state index contributed by atoms with van der Waals surface area (Å²) in [6, 6.07) is 3.07. The van der Waals surface area contributed by atoms with E-state index in [9.17, 15) is 4.39 Å². The summed E-state index contributed by atoms with van der Waals surface area (Å²) in [5.74, 6) is 0.0626. The van der Waals surface area contributed by atoms with Crippen molar-refractivity contribution in [3.63, 3.8) is 0 Å². The molecular formula is C11H13BrFN3O. The Hall–Kier alpha value is -1.14. The van der Waals surface area contributed by atoms with Crippen LogP contribution >= 0.6 is 15.9 Å². The van der Waals surface area contributed by atoms with E-state index in [-0.39, 0.29) is 5.82 Å². The molecule has 4 nitrogen and oxygen atoms in total. The zero-order valence-electron chi connectivity index (χ0n) is 9.41. The summed E-state index contributed by atoms with van der Waals surface area (Å²) < 4.78 is 20.6. The van der Waals surface area contributed by atoms with Crippen LogP contribution in [0.1, 0.15) is 6.42 Å². The molecule has 0 saturated heterocycles. The number of fused-ring (bicyclic) bond motifs is 1. The van der Waals surface area contributed by atoms with Gasteiger partial charge in [-0.3, -0.25) is 0 Å². The van der Waals surface area contributed by atoms with E-state index in [0.717, 1.165) is 11.9 Å². The molecule has 0 spiro atoms. The van der Waals surface area contributed by atoms with Crippen LogP contribution in [0.3, 0.4) is 0 Å². The lowest BCUT2D eigenvalue weighted by Gasteiger charge is -2.06. The molecule has 0 aliphatic rings. The number of hydrogen-bond donors (Lipinski definition) is 1. The van der Waals surface area contributed by atoms with E-state index >= 15 is 0 Å². The molecule has 1 aromatic heterocycles. The SMILES string of the molecule is COCCCn1c(N)nc2cc(F)c(Br)cc21. The van der Waals surface area contributed by atoms with Crippen LogP contribution < -0.4 is 5.73 Å². The van der Waals surface area contributed by atoms with Crippen molar-refractivity contribution in [3.8, 4) is 0 Å². The number of nitrogens with zero attached hydrogens (tertiary/aromatic N) is 2. The summed E-state index contributed by atoms with van der Waals surface area (Å²) in [4.78, 5) is 4.13. The number of imidazole rings is 1. The van der Waals surface area contributed by atoms with Gasteiger partial charge in [0.1, 0.15) is 5.82 Å². The van der Waals surface area contributed by atoms with Crippen molar-refractivity contribution in [1.29, 1.82) is 0 Å². The average molecular weight is 302 g/mol. The van der Waals surface area contributed by atoms with Crippen LogP contribution in [0.15, 0.2) is 16.6 Å². The van der Waals surface area contributed by atoms with Gasteiger partial charge in [-0.1, -0.05) is 0 Å². The summed E-state index contributed by atoms with van der Waals surface area (Å²) in [6.07, 6.45) is 0.834. The number of halogens is 2. The minimum absolute atomic E-state index is 0.334. The third kappa shape index (κ3) is 2.42. The first-order valence-electron chi connectivity index (χ1n) is 5.23. The van der Waals surface area contributed by atoms with Crippen LogP contribution in [-0.4, -0.2) is 23.3 Å². The predicted octanol–water partition coefficient (Wildman–Crippen LogP) is 2.56. The van der Waals surface area contributed by atoms with Crippen molar-refractivity contribution >= 4 is 32.9 Å². The third-order valence-electron chi connectivity index (χ3n) is 2.55. The van der Waals surface area contributed by atoms with E-state index in [1.165, 1.54) is 6.07 Å². The van der Waals surface area contributed by atoms with Crippen LogP contribution in [0.25, 0.3) is 11.0 Å². The van der Waals surface area contributed by atoms with Crippen LogP contribution in [0.2, 0.25) is 0 Å². The van der Waals surface area contributed by atoms with Crippen molar-refractivity contribution in [3.05, 3.63) is 22.4 Å². The molecular weight excluding hydrogens is 289 g/mol. The van der Waals surface area contributed by atoms with Gasteiger partial charge in [0.05, 0.1) is 15.5 Å². The lowest BCUT2D eigenvalue weighted by Crippen LogP contribution is -2.05. The van der Waals surface area contributed by atoms with Gasteiger partial charge in [0.2, 0.25) is 5.95 Å². The van der Waals surface area contributed by atoms with Crippen LogP contribution in [0, 0.1) is 5.82 Å². The molecule has 0 aliphatic heterocycles. The molecule has 6 heteroatoms. The zero-order valence-corrected chi connectivity index (χ0v) is 11.0. The second-order valence-electron chi connectivity index (χ2n) is 3.72. The second-order valence-corrected chi connectivity index (χ2v) is 4.58. The monoisotopic (exact) mass is 301 g/mol. The predicted molar refractivity (Wildman–Crippen MR) is 68.3 cm³/mol. The maximum atomic E-state index is 13.3.